The Morgan fingerprint density at radius 1 is 1.06 bits per heavy atom. The molecule has 0 bridgehead atoms. The zero-order valence-corrected chi connectivity index (χ0v) is 16.8. The molecule has 9 heteroatoms. The third-order valence-electron chi connectivity index (χ3n) is 4.96. The molecule has 32 heavy (non-hydrogen) atoms. The molecule has 2 heterocycles. The molecule has 0 aliphatic heterocycles. The number of amides is 1. The molecule has 0 saturated heterocycles. The predicted molar refractivity (Wildman–Crippen MR) is 115 cm³/mol. The van der Waals surface area contributed by atoms with E-state index in [1.807, 2.05) is 24.3 Å². The highest BCUT2D eigenvalue weighted by atomic mass is 19.1. The van der Waals surface area contributed by atoms with Gasteiger partial charge in [-0.15, -0.1) is 5.10 Å². The van der Waals surface area contributed by atoms with Gasteiger partial charge in [-0.2, -0.15) is 4.68 Å². The second-order valence-corrected chi connectivity index (χ2v) is 7.03. The minimum absolute atomic E-state index is 0.0101. The maximum Gasteiger partial charge on any atom is 0.437 e. The predicted octanol–water partition coefficient (Wildman–Crippen LogP) is 4.19. The maximum atomic E-state index is 13.1. The van der Waals surface area contributed by atoms with Crippen molar-refractivity contribution in [3.63, 3.8) is 0 Å². The Morgan fingerprint density at radius 3 is 2.62 bits per heavy atom. The van der Waals surface area contributed by atoms with Gasteiger partial charge in [0.05, 0.1) is 12.8 Å². The number of benzene rings is 3. The van der Waals surface area contributed by atoms with Gasteiger partial charge in [0, 0.05) is 22.4 Å². The van der Waals surface area contributed by atoms with Crippen molar-refractivity contribution in [2.24, 2.45) is 0 Å². The van der Waals surface area contributed by atoms with Crippen molar-refractivity contribution in [1.82, 2.24) is 9.78 Å². The van der Waals surface area contributed by atoms with Crippen molar-refractivity contribution in [3.8, 4) is 17.2 Å². The minimum atomic E-state index is -0.806. The number of anilines is 1. The zero-order chi connectivity index (χ0) is 22.2. The summed E-state index contributed by atoms with van der Waals surface area (Å²) in [7, 11) is 1.50. The van der Waals surface area contributed by atoms with Crippen LogP contribution in [0.1, 0.15) is 0 Å². The highest BCUT2D eigenvalue weighted by Crippen LogP contribution is 2.36. The van der Waals surface area contributed by atoms with E-state index in [-0.39, 0.29) is 12.4 Å². The van der Waals surface area contributed by atoms with Crippen molar-refractivity contribution >= 4 is 33.5 Å². The molecule has 1 N–H and O–H groups in total. The summed E-state index contributed by atoms with van der Waals surface area (Å²) in [6, 6.07) is 16.3. The van der Waals surface area contributed by atoms with E-state index >= 15 is 0 Å². The Bertz CT molecular complexity index is 1510. The number of hydrogen-bond acceptors (Lipinski definition) is 6. The summed E-state index contributed by atoms with van der Waals surface area (Å²) in [6.45, 7) is -0.384. The number of methoxy groups -OCH3 is 1. The van der Waals surface area contributed by atoms with Gasteiger partial charge in [0.25, 0.3) is 0 Å². The number of carbonyl (C=O) groups is 1. The summed E-state index contributed by atoms with van der Waals surface area (Å²) in [5.41, 5.74) is 2.11. The van der Waals surface area contributed by atoms with Gasteiger partial charge < -0.3 is 18.9 Å². The number of rotatable bonds is 5. The van der Waals surface area contributed by atoms with Gasteiger partial charge in [0.1, 0.15) is 29.3 Å². The third kappa shape index (κ3) is 3.49. The number of hydrogen-bond donors (Lipinski definition) is 1. The van der Waals surface area contributed by atoms with Crippen molar-refractivity contribution in [2.45, 2.75) is 6.54 Å². The summed E-state index contributed by atoms with van der Waals surface area (Å²) < 4.78 is 30.4. The molecular weight excluding hydrogens is 417 g/mol. The van der Waals surface area contributed by atoms with Crippen LogP contribution < -0.4 is 15.8 Å². The highest BCUT2D eigenvalue weighted by Gasteiger charge is 2.17. The topological polar surface area (TPSA) is 99.5 Å². The lowest BCUT2D eigenvalue weighted by molar-refractivity contribution is -0.117. The lowest BCUT2D eigenvalue weighted by Crippen LogP contribution is -2.26. The average Bonchev–Trinajstić information content (AvgIpc) is 3.33. The Hall–Kier alpha value is -4.40. The number of fused-ring (bicyclic) bond motifs is 3. The van der Waals surface area contributed by atoms with E-state index < -0.39 is 17.5 Å². The molecule has 0 unspecified atom stereocenters. The number of nitrogens with one attached hydrogen (secondary N) is 1. The standard InChI is InChI=1S/C23H16FN3O5/c1-30-20-10-16-15-4-2-3-5-18(15)31-19(16)11-17(20)25-21(28)12-27-23(29)32-22(26-27)13-6-8-14(24)9-7-13/h2-11H,12H2,1H3,(H,25,28). The fraction of sp³-hybridized carbons (Fsp3) is 0.0870. The van der Waals surface area contributed by atoms with Gasteiger partial charge in [-0.25, -0.2) is 9.18 Å². The molecule has 0 radical (unpaired) electrons. The highest BCUT2D eigenvalue weighted by molar-refractivity contribution is 6.07. The van der Waals surface area contributed by atoms with Gasteiger partial charge in [-0.1, -0.05) is 18.2 Å². The first-order chi connectivity index (χ1) is 15.5. The van der Waals surface area contributed by atoms with Crippen LogP contribution in [0.2, 0.25) is 0 Å². The van der Waals surface area contributed by atoms with Crippen molar-refractivity contribution in [3.05, 3.63) is 77.0 Å². The van der Waals surface area contributed by atoms with Crippen molar-refractivity contribution < 1.29 is 22.8 Å². The fourth-order valence-electron chi connectivity index (χ4n) is 3.46. The monoisotopic (exact) mass is 433 g/mol. The first kappa shape index (κ1) is 19.6. The Morgan fingerprint density at radius 2 is 1.84 bits per heavy atom. The Balaban J connectivity index is 1.41. The largest absolute Gasteiger partial charge is 0.495 e. The molecule has 8 nitrogen and oxygen atoms in total. The van der Waals surface area contributed by atoms with Gasteiger partial charge >= 0.3 is 5.76 Å². The van der Waals surface area contributed by atoms with E-state index in [4.69, 9.17) is 13.6 Å². The zero-order valence-electron chi connectivity index (χ0n) is 16.8. The summed E-state index contributed by atoms with van der Waals surface area (Å²) in [4.78, 5) is 24.7. The van der Waals surface area contributed by atoms with Crippen LogP contribution in [0.15, 0.2) is 74.3 Å². The first-order valence-corrected chi connectivity index (χ1v) is 9.65. The number of aromatic nitrogens is 2. The van der Waals surface area contributed by atoms with Crippen molar-refractivity contribution in [2.75, 3.05) is 12.4 Å². The second kappa shape index (κ2) is 7.69. The number of carbonyl (C=O) groups excluding carboxylic acids is 1. The quantitative estimate of drug-likeness (QED) is 0.446. The van der Waals surface area contributed by atoms with E-state index in [1.54, 1.807) is 12.1 Å². The van der Waals surface area contributed by atoms with E-state index in [9.17, 15) is 14.0 Å². The number of halogens is 1. The normalized spacial score (nSPS) is 11.2. The molecule has 5 aromatic rings. The second-order valence-electron chi connectivity index (χ2n) is 7.03. The molecule has 0 aliphatic carbocycles. The Labute approximate surface area is 179 Å². The summed E-state index contributed by atoms with van der Waals surface area (Å²) >= 11 is 0. The molecule has 2 aromatic heterocycles. The lowest BCUT2D eigenvalue weighted by Gasteiger charge is -2.10. The van der Waals surface area contributed by atoms with Crippen LogP contribution in [0.5, 0.6) is 5.75 Å². The van der Waals surface area contributed by atoms with Crippen LogP contribution in [-0.2, 0) is 11.3 Å². The number of ether oxygens (including phenoxy) is 1. The molecule has 160 valence electrons. The van der Waals surface area contributed by atoms with Gasteiger partial charge in [0.2, 0.25) is 11.8 Å². The molecule has 5 rings (SSSR count). The number of furan rings is 1. The van der Waals surface area contributed by atoms with E-state index in [2.05, 4.69) is 10.4 Å². The lowest BCUT2D eigenvalue weighted by atomic mass is 10.1. The summed E-state index contributed by atoms with van der Waals surface area (Å²) in [5.74, 6) is -1.31. The van der Waals surface area contributed by atoms with Crippen LogP contribution in [0.25, 0.3) is 33.4 Å². The fourth-order valence-corrected chi connectivity index (χ4v) is 3.46. The van der Waals surface area contributed by atoms with Gasteiger partial charge in [0.15, 0.2) is 0 Å². The third-order valence-corrected chi connectivity index (χ3v) is 4.96. The molecule has 0 aliphatic rings. The van der Waals surface area contributed by atoms with Gasteiger partial charge in [-0.05, 0) is 36.4 Å². The minimum Gasteiger partial charge on any atom is -0.495 e. The van der Waals surface area contributed by atoms with E-state index in [0.29, 0.717) is 22.6 Å². The first-order valence-electron chi connectivity index (χ1n) is 9.65. The molecule has 0 spiro atoms. The van der Waals surface area contributed by atoms with E-state index in [1.165, 1.54) is 31.4 Å². The average molecular weight is 433 g/mol. The molecule has 3 aromatic carbocycles. The number of nitrogens with zero attached hydrogens (tertiary/aromatic N) is 2. The molecule has 0 saturated carbocycles. The SMILES string of the molecule is COc1cc2c(cc1NC(=O)Cn1nc(-c3ccc(F)cc3)oc1=O)oc1ccccc12. The molecular formula is C23H16FN3O5. The van der Waals surface area contributed by atoms with Crippen LogP contribution in [0, 0.1) is 5.82 Å². The van der Waals surface area contributed by atoms with Crippen LogP contribution in [0.4, 0.5) is 10.1 Å². The molecule has 0 atom stereocenters. The summed E-state index contributed by atoms with van der Waals surface area (Å²) in [6.07, 6.45) is 0. The summed E-state index contributed by atoms with van der Waals surface area (Å²) in [5, 5.41) is 8.52. The number of para-hydroxylation sites is 1. The Kier molecular flexibility index (Phi) is 4.70. The van der Waals surface area contributed by atoms with Crippen LogP contribution in [0.3, 0.4) is 0 Å². The van der Waals surface area contributed by atoms with E-state index in [0.717, 1.165) is 21.0 Å². The van der Waals surface area contributed by atoms with Crippen molar-refractivity contribution in [1.29, 1.82) is 0 Å². The maximum absolute atomic E-state index is 13.1. The van der Waals surface area contributed by atoms with Gasteiger partial charge in [-0.3, -0.25) is 4.79 Å². The molecule has 0 fully saturated rings. The smallest absolute Gasteiger partial charge is 0.437 e. The van der Waals surface area contributed by atoms with Crippen LogP contribution >= 0.6 is 0 Å². The van der Waals surface area contributed by atoms with Crippen LogP contribution in [-0.4, -0.2) is 22.8 Å². The molecule has 1 amide bonds.